The second-order valence-electron chi connectivity index (χ2n) is 2.39. The number of Topliss-reactive ketones (excluding diaryl/α,β-unsaturated/α-hetero) is 1. The third kappa shape index (κ3) is 1.87. The summed E-state index contributed by atoms with van der Waals surface area (Å²) in [5.41, 5.74) is 5.81. The summed E-state index contributed by atoms with van der Waals surface area (Å²) < 4.78 is 0. The first-order valence-electron chi connectivity index (χ1n) is 3.56. The van der Waals surface area contributed by atoms with Crippen LogP contribution in [0.1, 0.15) is 10.4 Å². The van der Waals surface area contributed by atoms with Gasteiger partial charge in [-0.15, -0.1) is 0 Å². The van der Waals surface area contributed by atoms with Crippen LogP contribution in [0.25, 0.3) is 0 Å². The number of rotatable bonds is 3. The molecule has 3 N–H and O–H groups in total. The first kappa shape index (κ1) is 8.83. The van der Waals surface area contributed by atoms with Gasteiger partial charge in [0.25, 0.3) is 0 Å². The Morgan fingerprint density at radius 2 is 2.17 bits per heavy atom. The Bertz CT molecular complexity index is 261. The Hall–Kier alpha value is -1.26. The van der Waals surface area contributed by atoms with E-state index in [1.165, 1.54) is 12.4 Å². The average Bonchev–Trinajstić information content (AvgIpc) is 2.17. The number of carbonyl (C=O) groups excluding carboxylic acids is 1. The molecule has 1 rings (SSSR count). The van der Waals surface area contributed by atoms with Gasteiger partial charge in [0.2, 0.25) is 0 Å². The number of aliphatic hydroxyl groups is 1. The molecule has 0 amide bonds. The summed E-state index contributed by atoms with van der Waals surface area (Å²) >= 11 is 0. The summed E-state index contributed by atoms with van der Waals surface area (Å²) in [6.07, 6.45) is 3.02. The summed E-state index contributed by atoms with van der Waals surface area (Å²) in [5, 5.41) is 8.61. The third-order valence-electron chi connectivity index (χ3n) is 1.50. The van der Waals surface area contributed by atoms with Crippen molar-refractivity contribution >= 4 is 5.78 Å². The minimum Gasteiger partial charge on any atom is -0.394 e. The Kier molecular flexibility index (Phi) is 2.90. The molecule has 0 fully saturated rings. The molecule has 64 valence electrons. The molecular weight excluding hydrogens is 156 g/mol. The van der Waals surface area contributed by atoms with Gasteiger partial charge in [-0.1, -0.05) is 0 Å². The van der Waals surface area contributed by atoms with E-state index < -0.39 is 6.04 Å². The highest BCUT2D eigenvalue weighted by molar-refractivity contribution is 5.99. The summed E-state index contributed by atoms with van der Waals surface area (Å²) in [4.78, 5) is 15.0. The highest BCUT2D eigenvalue weighted by Gasteiger charge is 2.13. The van der Waals surface area contributed by atoms with Gasteiger partial charge < -0.3 is 10.8 Å². The normalized spacial score (nSPS) is 12.5. The lowest BCUT2D eigenvalue weighted by molar-refractivity contribution is 0.0925. The number of aliphatic hydroxyl groups excluding tert-OH is 1. The fourth-order valence-electron chi connectivity index (χ4n) is 0.813. The van der Waals surface area contributed by atoms with Gasteiger partial charge in [-0.3, -0.25) is 9.78 Å². The van der Waals surface area contributed by atoms with Gasteiger partial charge in [-0.2, -0.15) is 0 Å². The van der Waals surface area contributed by atoms with Crippen LogP contribution in [0.15, 0.2) is 24.5 Å². The molecule has 1 atom stereocenters. The van der Waals surface area contributed by atoms with Crippen LogP contribution in [0.2, 0.25) is 0 Å². The summed E-state index contributed by atoms with van der Waals surface area (Å²) in [6.45, 7) is -0.332. The zero-order valence-electron chi connectivity index (χ0n) is 6.47. The van der Waals surface area contributed by atoms with Crippen LogP contribution in [0.4, 0.5) is 0 Å². The second-order valence-corrected chi connectivity index (χ2v) is 2.39. The Morgan fingerprint density at radius 1 is 1.58 bits per heavy atom. The van der Waals surface area contributed by atoms with E-state index in [9.17, 15) is 4.79 Å². The van der Waals surface area contributed by atoms with Crippen LogP contribution in [0.3, 0.4) is 0 Å². The largest absolute Gasteiger partial charge is 0.394 e. The van der Waals surface area contributed by atoms with Crippen molar-refractivity contribution in [3.05, 3.63) is 30.1 Å². The van der Waals surface area contributed by atoms with Gasteiger partial charge >= 0.3 is 0 Å². The molecule has 0 spiro atoms. The smallest absolute Gasteiger partial charge is 0.181 e. The third-order valence-corrected chi connectivity index (χ3v) is 1.50. The van der Waals surface area contributed by atoms with E-state index >= 15 is 0 Å². The number of nitrogens with zero attached hydrogens (tertiary/aromatic N) is 1. The molecule has 0 saturated heterocycles. The van der Waals surface area contributed by atoms with Gasteiger partial charge in [0.15, 0.2) is 5.78 Å². The quantitative estimate of drug-likeness (QED) is 0.598. The van der Waals surface area contributed by atoms with E-state index in [1.807, 2.05) is 0 Å². The van der Waals surface area contributed by atoms with Crippen LogP contribution in [-0.4, -0.2) is 28.5 Å². The molecule has 4 heteroatoms. The zero-order valence-corrected chi connectivity index (χ0v) is 6.47. The first-order valence-corrected chi connectivity index (χ1v) is 3.56. The van der Waals surface area contributed by atoms with Gasteiger partial charge in [0.05, 0.1) is 12.6 Å². The van der Waals surface area contributed by atoms with Gasteiger partial charge in [0.1, 0.15) is 0 Å². The van der Waals surface area contributed by atoms with Crippen LogP contribution in [-0.2, 0) is 0 Å². The molecule has 0 aliphatic heterocycles. The van der Waals surface area contributed by atoms with Crippen LogP contribution >= 0.6 is 0 Å². The second kappa shape index (κ2) is 3.94. The molecule has 4 nitrogen and oxygen atoms in total. The van der Waals surface area contributed by atoms with Crippen molar-refractivity contribution in [1.29, 1.82) is 0 Å². The van der Waals surface area contributed by atoms with Crippen molar-refractivity contribution in [2.45, 2.75) is 6.04 Å². The van der Waals surface area contributed by atoms with E-state index in [0.29, 0.717) is 5.56 Å². The predicted octanol–water partition coefficient (Wildman–Crippen LogP) is -0.416. The van der Waals surface area contributed by atoms with E-state index in [-0.39, 0.29) is 12.4 Å². The lowest BCUT2D eigenvalue weighted by Crippen LogP contribution is -2.33. The fraction of sp³-hybridized carbons (Fsp3) is 0.250. The Balaban J connectivity index is 2.79. The van der Waals surface area contributed by atoms with Crippen molar-refractivity contribution in [3.63, 3.8) is 0 Å². The highest BCUT2D eigenvalue weighted by atomic mass is 16.3. The topological polar surface area (TPSA) is 76.2 Å². The minimum atomic E-state index is -0.826. The lowest BCUT2D eigenvalue weighted by atomic mass is 10.1. The highest BCUT2D eigenvalue weighted by Crippen LogP contribution is 1.99. The van der Waals surface area contributed by atoms with Gasteiger partial charge in [-0.05, 0) is 12.1 Å². The molecule has 0 aliphatic rings. The van der Waals surface area contributed by atoms with Gasteiger partial charge in [-0.25, -0.2) is 0 Å². The number of carbonyl (C=O) groups is 1. The van der Waals surface area contributed by atoms with Crippen LogP contribution < -0.4 is 5.73 Å². The standard InChI is InChI=1S/C8H10N2O2/c9-7(5-11)8(12)6-1-3-10-4-2-6/h1-4,7,11H,5,9H2. The molecule has 1 unspecified atom stereocenters. The van der Waals surface area contributed by atoms with Crippen LogP contribution in [0.5, 0.6) is 0 Å². The maximum Gasteiger partial charge on any atom is 0.181 e. The molecule has 1 heterocycles. The SMILES string of the molecule is NC(CO)C(=O)c1ccncc1. The van der Waals surface area contributed by atoms with Crippen LogP contribution in [0, 0.1) is 0 Å². The minimum absolute atomic E-state index is 0.264. The summed E-state index contributed by atoms with van der Waals surface area (Å²) in [7, 11) is 0. The molecule has 0 radical (unpaired) electrons. The Morgan fingerprint density at radius 3 is 2.67 bits per heavy atom. The van der Waals surface area contributed by atoms with E-state index in [2.05, 4.69) is 4.98 Å². The molecular formula is C8H10N2O2. The zero-order chi connectivity index (χ0) is 8.97. The summed E-state index contributed by atoms with van der Waals surface area (Å²) in [6, 6.07) is 2.31. The molecule has 12 heavy (non-hydrogen) atoms. The van der Waals surface area contributed by atoms with Crippen molar-refractivity contribution < 1.29 is 9.90 Å². The molecule has 1 aromatic heterocycles. The number of ketones is 1. The molecule has 0 saturated carbocycles. The molecule has 0 aliphatic carbocycles. The number of hydrogen-bond donors (Lipinski definition) is 2. The monoisotopic (exact) mass is 166 g/mol. The predicted molar refractivity (Wildman–Crippen MR) is 43.6 cm³/mol. The average molecular weight is 166 g/mol. The summed E-state index contributed by atoms with van der Waals surface area (Å²) in [5.74, 6) is -0.264. The van der Waals surface area contributed by atoms with E-state index in [4.69, 9.17) is 10.8 Å². The fourth-order valence-corrected chi connectivity index (χ4v) is 0.813. The molecule has 0 aromatic carbocycles. The van der Waals surface area contributed by atoms with Crippen molar-refractivity contribution in [2.75, 3.05) is 6.61 Å². The van der Waals surface area contributed by atoms with Gasteiger partial charge in [0, 0.05) is 18.0 Å². The van der Waals surface area contributed by atoms with E-state index in [1.54, 1.807) is 12.1 Å². The number of nitrogens with two attached hydrogens (primary N) is 1. The number of hydrogen-bond acceptors (Lipinski definition) is 4. The maximum absolute atomic E-state index is 11.3. The van der Waals surface area contributed by atoms with E-state index in [0.717, 1.165) is 0 Å². The maximum atomic E-state index is 11.3. The number of aromatic nitrogens is 1. The first-order chi connectivity index (χ1) is 5.75. The lowest BCUT2D eigenvalue weighted by Gasteiger charge is -2.05. The van der Waals surface area contributed by atoms with Crippen molar-refractivity contribution in [3.8, 4) is 0 Å². The van der Waals surface area contributed by atoms with Crippen molar-refractivity contribution in [1.82, 2.24) is 4.98 Å². The molecule has 1 aromatic rings. The Labute approximate surface area is 70.0 Å². The molecule has 0 bridgehead atoms. The number of pyridine rings is 1. The van der Waals surface area contributed by atoms with Crippen molar-refractivity contribution in [2.24, 2.45) is 5.73 Å².